The van der Waals surface area contributed by atoms with Crippen molar-refractivity contribution in [3.05, 3.63) is 66.5 Å². The van der Waals surface area contributed by atoms with Crippen LogP contribution < -0.4 is 4.74 Å². The van der Waals surface area contributed by atoms with Crippen molar-refractivity contribution in [2.24, 2.45) is 0 Å². The molecule has 3 heteroatoms. The number of benzene rings is 2. The zero-order chi connectivity index (χ0) is 24.7. The van der Waals surface area contributed by atoms with Crippen LogP contribution in [0, 0.1) is 0 Å². The second-order valence-electron chi connectivity index (χ2n) is 9.81. The van der Waals surface area contributed by atoms with Crippen molar-refractivity contribution < 1.29 is 4.74 Å². The summed E-state index contributed by atoms with van der Waals surface area (Å²) in [4.78, 5) is 9.25. The van der Waals surface area contributed by atoms with Gasteiger partial charge in [0.15, 0.2) is 5.82 Å². The molecule has 0 radical (unpaired) electrons. The Hall–Kier alpha value is -2.68. The largest absolute Gasteiger partial charge is 0.491 e. The van der Waals surface area contributed by atoms with Gasteiger partial charge in [-0.05, 0) is 61.4 Å². The minimum absolute atomic E-state index is 0.258. The van der Waals surface area contributed by atoms with Crippen LogP contribution in [0.3, 0.4) is 0 Å². The van der Waals surface area contributed by atoms with E-state index >= 15 is 0 Å². The van der Waals surface area contributed by atoms with Gasteiger partial charge >= 0.3 is 0 Å². The van der Waals surface area contributed by atoms with Crippen LogP contribution in [0.4, 0.5) is 0 Å². The van der Waals surface area contributed by atoms with Gasteiger partial charge in [-0.15, -0.1) is 0 Å². The van der Waals surface area contributed by atoms with Crippen molar-refractivity contribution in [3.8, 4) is 28.3 Å². The molecule has 0 amide bonds. The number of aryl methyl sites for hydroxylation is 1. The molecule has 2 aromatic carbocycles. The molecule has 3 nitrogen and oxygen atoms in total. The Labute approximate surface area is 213 Å². The van der Waals surface area contributed by atoms with Crippen molar-refractivity contribution >= 4 is 0 Å². The van der Waals surface area contributed by atoms with E-state index in [1.54, 1.807) is 0 Å². The van der Waals surface area contributed by atoms with Gasteiger partial charge in [-0.3, -0.25) is 0 Å². The van der Waals surface area contributed by atoms with E-state index in [9.17, 15) is 0 Å². The van der Waals surface area contributed by atoms with Crippen LogP contribution in [-0.2, 0) is 6.42 Å². The molecule has 0 unspecified atom stereocenters. The fourth-order valence-electron chi connectivity index (χ4n) is 4.43. The Balaban J connectivity index is 1.48. The molecule has 3 rings (SSSR count). The lowest BCUT2D eigenvalue weighted by atomic mass is 10.0. The molecular formula is C32H44N2O. The Morgan fingerprint density at radius 2 is 1.14 bits per heavy atom. The topological polar surface area (TPSA) is 35.0 Å². The Morgan fingerprint density at radius 3 is 1.77 bits per heavy atom. The van der Waals surface area contributed by atoms with Gasteiger partial charge in [0, 0.05) is 18.0 Å². The quantitative estimate of drug-likeness (QED) is 0.195. The molecule has 1 atom stereocenters. The van der Waals surface area contributed by atoms with E-state index in [1.807, 2.05) is 12.4 Å². The monoisotopic (exact) mass is 472 g/mol. The first-order valence-corrected chi connectivity index (χ1v) is 13.9. The highest BCUT2D eigenvalue weighted by Crippen LogP contribution is 2.26. The molecule has 0 fully saturated rings. The SMILES string of the molecule is CCCCCCCCc1cnc(-c2ccc(-c3ccc(O[C@@H](C)CCCCCC)cc3)cc2)nc1. The summed E-state index contributed by atoms with van der Waals surface area (Å²) >= 11 is 0. The van der Waals surface area contributed by atoms with Gasteiger partial charge in [0.1, 0.15) is 5.75 Å². The maximum atomic E-state index is 6.10. The third kappa shape index (κ3) is 9.47. The highest BCUT2D eigenvalue weighted by atomic mass is 16.5. The predicted octanol–water partition coefficient (Wildman–Crippen LogP) is 9.45. The van der Waals surface area contributed by atoms with Crippen LogP contribution in [0.25, 0.3) is 22.5 Å². The maximum absolute atomic E-state index is 6.10. The molecule has 0 spiro atoms. The number of nitrogens with zero attached hydrogens (tertiary/aromatic N) is 2. The molecule has 188 valence electrons. The molecule has 0 saturated heterocycles. The lowest BCUT2D eigenvalue weighted by Crippen LogP contribution is -2.11. The lowest BCUT2D eigenvalue weighted by Gasteiger charge is -2.15. The molecule has 0 saturated carbocycles. The first kappa shape index (κ1) is 26.9. The minimum atomic E-state index is 0.258. The third-order valence-corrected chi connectivity index (χ3v) is 6.66. The Kier molecular flexibility index (Phi) is 11.8. The average molecular weight is 473 g/mol. The molecule has 0 aliphatic carbocycles. The van der Waals surface area contributed by atoms with E-state index in [0.29, 0.717) is 0 Å². The van der Waals surface area contributed by atoms with Crippen molar-refractivity contribution in [2.45, 2.75) is 104 Å². The Morgan fingerprint density at radius 1 is 0.629 bits per heavy atom. The molecule has 0 aliphatic heterocycles. The van der Waals surface area contributed by atoms with Crippen LogP contribution in [0.5, 0.6) is 5.75 Å². The van der Waals surface area contributed by atoms with Crippen molar-refractivity contribution in [1.29, 1.82) is 0 Å². The fraction of sp³-hybridized carbons (Fsp3) is 0.500. The van der Waals surface area contributed by atoms with Crippen molar-refractivity contribution in [1.82, 2.24) is 9.97 Å². The number of hydrogen-bond donors (Lipinski definition) is 0. The molecule has 1 aromatic heterocycles. The zero-order valence-corrected chi connectivity index (χ0v) is 22.1. The third-order valence-electron chi connectivity index (χ3n) is 6.66. The van der Waals surface area contributed by atoms with Gasteiger partial charge in [0.2, 0.25) is 0 Å². The van der Waals surface area contributed by atoms with Crippen LogP contribution in [0.1, 0.15) is 97.0 Å². The Bertz CT molecular complexity index is 948. The highest BCUT2D eigenvalue weighted by Gasteiger charge is 2.06. The standard InChI is InChI=1S/C32H44N2O/c1-4-6-8-10-11-13-15-27-24-33-32(34-25-27)30-18-16-28(17-19-30)29-20-22-31(23-21-29)35-26(3)14-12-9-7-5-2/h16-26H,4-15H2,1-3H3/t26-/m0/s1. The summed E-state index contributed by atoms with van der Waals surface area (Å²) in [6.45, 7) is 6.68. The van der Waals surface area contributed by atoms with Gasteiger partial charge < -0.3 is 4.74 Å². The van der Waals surface area contributed by atoms with Gasteiger partial charge in [-0.25, -0.2) is 9.97 Å². The van der Waals surface area contributed by atoms with E-state index in [4.69, 9.17) is 4.74 Å². The molecule has 35 heavy (non-hydrogen) atoms. The summed E-state index contributed by atoms with van der Waals surface area (Å²) < 4.78 is 6.10. The summed E-state index contributed by atoms with van der Waals surface area (Å²) in [5, 5.41) is 0. The summed E-state index contributed by atoms with van der Waals surface area (Å²) in [6.07, 6.45) is 19.4. The van der Waals surface area contributed by atoms with E-state index < -0.39 is 0 Å². The molecule has 0 bridgehead atoms. The number of ether oxygens (including phenoxy) is 1. The number of hydrogen-bond acceptors (Lipinski definition) is 3. The van der Waals surface area contributed by atoms with Crippen molar-refractivity contribution in [3.63, 3.8) is 0 Å². The van der Waals surface area contributed by atoms with Crippen LogP contribution in [0.15, 0.2) is 60.9 Å². The minimum Gasteiger partial charge on any atom is -0.491 e. The normalized spacial score (nSPS) is 12.0. The second-order valence-corrected chi connectivity index (χ2v) is 9.81. The maximum Gasteiger partial charge on any atom is 0.159 e. The first-order valence-electron chi connectivity index (χ1n) is 13.9. The van der Waals surface area contributed by atoms with E-state index in [1.165, 1.54) is 80.9 Å². The molecule has 0 N–H and O–H groups in total. The smallest absolute Gasteiger partial charge is 0.159 e. The van der Waals surface area contributed by atoms with Gasteiger partial charge in [-0.2, -0.15) is 0 Å². The zero-order valence-electron chi connectivity index (χ0n) is 22.1. The van der Waals surface area contributed by atoms with Crippen LogP contribution >= 0.6 is 0 Å². The highest BCUT2D eigenvalue weighted by molar-refractivity contribution is 5.68. The average Bonchev–Trinajstić information content (AvgIpc) is 2.90. The molecule has 0 aliphatic rings. The second kappa shape index (κ2) is 15.3. The summed E-state index contributed by atoms with van der Waals surface area (Å²) in [7, 11) is 0. The number of aromatic nitrogens is 2. The molecule has 3 aromatic rings. The molecular weight excluding hydrogens is 428 g/mol. The van der Waals surface area contributed by atoms with Crippen molar-refractivity contribution in [2.75, 3.05) is 0 Å². The van der Waals surface area contributed by atoms with E-state index in [0.717, 1.165) is 30.0 Å². The van der Waals surface area contributed by atoms with E-state index in [2.05, 4.69) is 79.3 Å². The molecule has 1 heterocycles. The fourth-order valence-corrected chi connectivity index (χ4v) is 4.43. The summed E-state index contributed by atoms with van der Waals surface area (Å²) in [6, 6.07) is 17.0. The summed E-state index contributed by atoms with van der Waals surface area (Å²) in [5.41, 5.74) is 4.66. The van der Waals surface area contributed by atoms with Gasteiger partial charge in [0.05, 0.1) is 6.10 Å². The number of unbranched alkanes of at least 4 members (excludes halogenated alkanes) is 8. The van der Waals surface area contributed by atoms with Gasteiger partial charge in [-0.1, -0.05) is 102 Å². The van der Waals surface area contributed by atoms with Crippen LogP contribution in [-0.4, -0.2) is 16.1 Å². The van der Waals surface area contributed by atoms with Crippen LogP contribution in [0.2, 0.25) is 0 Å². The predicted molar refractivity (Wildman–Crippen MR) is 149 cm³/mol. The first-order chi connectivity index (χ1) is 17.2. The van der Waals surface area contributed by atoms with Gasteiger partial charge in [0.25, 0.3) is 0 Å². The van der Waals surface area contributed by atoms with E-state index in [-0.39, 0.29) is 6.10 Å². The summed E-state index contributed by atoms with van der Waals surface area (Å²) in [5.74, 6) is 1.74. The number of rotatable bonds is 16. The lowest BCUT2D eigenvalue weighted by molar-refractivity contribution is 0.206.